The van der Waals surface area contributed by atoms with E-state index in [1.807, 2.05) is 35.6 Å². The molecule has 238 valence electrons. The molecule has 0 aliphatic carbocycles. The Morgan fingerprint density at radius 3 is 1.73 bits per heavy atom. The van der Waals surface area contributed by atoms with Crippen LogP contribution in [0, 0.1) is 0 Å². The number of benzene rings is 8. The highest BCUT2D eigenvalue weighted by Gasteiger charge is 2.18. The monoisotopic (exact) mass is 667 g/mol. The van der Waals surface area contributed by atoms with Gasteiger partial charge in [-0.1, -0.05) is 152 Å². The second kappa shape index (κ2) is 12.1. The summed E-state index contributed by atoms with van der Waals surface area (Å²) in [4.78, 5) is 15.4. The van der Waals surface area contributed by atoms with Crippen LogP contribution in [0.3, 0.4) is 0 Å². The lowest BCUT2D eigenvalue weighted by atomic mass is 9.98. The molecule has 2 heterocycles. The van der Waals surface area contributed by atoms with E-state index in [9.17, 15) is 0 Å². The number of fused-ring (bicyclic) bond motifs is 6. The molecule has 0 spiro atoms. The van der Waals surface area contributed by atoms with Crippen LogP contribution in [0.15, 0.2) is 176 Å². The third-order valence-corrected chi connectivity index (χ3v) is 10.9. The maximum absolute atomic E-state index is 5.22. The van der Waals surface area contributed by atoms with Crippen molar-refractivity contribution in [1.82, 2.24) is 15.0 Å². The lowest BCUT2D eigenvalue weighted by Crippen LogP contribution is -2.00. The quantitative estimate of drug-likeness (QED) is 0.183. The molecule has 0 saturated carbocycles. The maximum Gasteiger partial charge on any atom is 0.164 e. The van der Waals surface area contributed by atoms with Crippen LogP contribution in [0.1, 0.15) is 0 Å². The van der Waals surface area contributed by atoms with E-state index < -0.39 is 0 Å². The van der Waals surface area contributed by atoms with E-state index in [0.717, 1.165) is 33.2 Å². The first-order valence-electron chi connectivity index (χ1n) is 17.1. The largest absolute Gasteiger partial charge is 0.208 e. The average molecular weight is 668 g/mol. The Labute approximate surface area is 299 Å². The van der Waals surface area contributed by atoms with Crippen LogP contribution in [0.2, 0.25) is 0 Å². The van der Waals surface area contributed by atoms with Crippen molar-refractivity contribution in [2.75, 3.05) is 0 Å². The predicted molar refractivity (Wildman–Crippen MR) is 215 cm³/mol. The van der Waals surface area contributed by atoms with E-state index >= 15 is 0 Å². The molecule has 10 aromatic rings. The van der Waals surface area contributed by atoms with Crippen LogP contribution in [0.5, 0.6) is 0 Å². The van der Waals surface area contributed by atoms with E-state index in [-0.39, 0.29) is 0 Å². The number of nitrogens with zero attached hydrogens (tertiary/aromatic N) is 3. The number of aromatic nitrogens is 3. The van der Waals surface area contributed by atoms with Gasteiger partial charge in [0.15, 0.2) is 17.5 Å². The van der Waals surface area contributed by atoms with Crippen molar-refractivity contribution in [3.8, 4) is 56.4 Å². The number of thiophene rings is 1. The van der Waals surface area contributed by atoms with Crippen LogP contribution >= 0.6 is 11.3 Å². The Kier molecular flexibility index (Phi) is 7.00. The SMILES string of the molecule is c1ccc(-c2cccc(-c3nc(-c4ccccc4)nc(-c4cc5c6ccc(-c7ccc8ccccc8c7)cc6sc5c5ccccc45)n3)c2)cc1. The normalized spacial score (nSPS) is 11.5. The molecule has 10 rings (SSSR count). The molecule has 0 N–H and O–H groups in total. The molecule has 4 heteroatoms. The van der Waals surface area contributed by atoms with Gasteiger partial charge in [-0.3, -0.25) is 0 Å². The highest BCUT2D eigenvalue weighted by molar-refractivity contribution is 7.26. The Morgan fingerprint density at radius 1 is 0.314 bits per heavy atom. The molecular weight excluding hydrogens is 639 g/mol. The van der Waals surface area contributed by atoms with Crippen molar-refractivity contribution < 1.29 is 0 Å². The molecule has 0 radical (unpaired) electrons. The summed E-state index contributed by atoms with van der Waals surface area (Å²) < 4.78 is 2.53. The minimum absolute atomic E-state index is 0.649. The summed E-state index contributed by atoms with van der Waals surface area (Å²) in [6.45, 7) is 0. The molecule has 0 fully saturated rings. The molecule has 3 nitrogen and oxygen atoms in total. The van der Waals surface area contributed by atoms with Gasteiger partial charge in [0, 0.05) is 42.2 Å². The zero-order valence-corrected chi connectivity index (χ0v) is 28.3. The fourth-order valence-electron chi connectivity index (χ4n) is 7.14. The Balaban J connectivity index is 1.17. The molecule has 2 aromatic heterocycles. The smallest absolute Gasteiger partial charge is 0.164 e. The van der Waals surface area contributed by atoms with Gasteiger partial charge in [-0.2, -0.15) is 0 Å². The standard InChI is InChI=1S/C47H29N3S/c1-3-12-30(13-4-1)34-18-11-19-37(27-34)46-48-45(32-15-5-2-6-16-32)49-47(50-46)42-29-41-39-25-24-36(35-23-22-31-14-7-8-17-33(31)26-35)28-43(39)51-44(41)40-21-10-9-20-38(40)42/h1-29H. The Morgan fingerprint density at radius 2 is 0.902 bits per heavy atom. The molecule has 0 saturated heterocycles. The van der Waals surface area contributed by atoms with Crippen molar-refractivity contribution in [1.29, 1.82) is 0 Å². The van der Waals surface area contributed by atoms with Crippen molar-refractivity contribution in [2.45, 2.75) is 0 Å². The summed E-state index contributed by atoms with van der Waals surface area (Å²) in [6.07, 6.45) is 0. The van der Waals surface area contributed by atoms with Gasteiger partial charge in [-0.25, -0.2) is 15.0 Å². The van der Waals surface area contributed by atoms with E-state index in [2.05, 4.69) is 152 Å². The van der Waals surface area contributed by atoms with E-state index in [4.69, 9.17) is 15.0 Å². The summed E-state index contributed by atoms with van der Waals surface area (Å²) >= 11 is 1.85. The van der Waals surface area contributed by atoms with Gasteiger partial charge in [0.1, 0.15) is 0 Å². The first-order chi connectivity index (χ1) is 25.2. The lowest BCUT2D eigenvalue weighted by molar-refractivity contribution is 1.08. The topological polar surface area (TPSA) is 38.7 Å². The second-order valence-corrected chi connectivity index (χ2v) is 13.9. The highest BCUT2D eigenvalue weighted by atomic mass is 32.1. The van der Waals surface area contributed by atoms with Crippen LogP contribution in [-0.4, -0.2) is 15.0 Å². The number of hydrogen-bond donors (Lipinski definition) is 0. The van der Waals surface area contributed by atoms with Crippen LogP contribution in [-0.2, 0) is 0 Å². The van der Waals surface area contributed by atoms with Gasteiger partial charge >= 0.3 is 0 Å². The predicted octanol–water partition coefficient (Wildman–Crippen LogP) is 12.9. The lowest BCUT2D eigenvalue weighted by Gasteiger charge is -2.12. The summed E-state index contributed by atoms with van der Waals surface area (Å²) in [5.41, 5.74) is 7.62. The van der Waals surface area contributed by atoms with Crippen LogP contribution in [0.25, 0.3) is 98.1 Å². The molecular formula is C47H29N3S. The average Bonchev–Trinajstić information content (AvgIpc) is 3.59. The zero-order valence-electron chi connectivity index (χ0n) is 27.5. The number of hydrogen-bond acceptors (Lipinski definition) is 4. The van der Waals surface area contributed by atoms with Crippen LogP contribution < -0.4 is 0 Å². The number of rotatable bonds is 5. The summed E-state index contributed by atoms with van der Waals surface area (Å²) in [5, 5.41) is 7.28. The molecule has 8 aromatic carbocycles. The summed E-state index contributed by atoms with van der Waals surface area (Å²) in [6, 6.07) is 62.2. The Bertz CT molecular complexity index is 2910. The van der Waals surface area contributed by atoms with Gasteiger partial charge in [0.2, 0.25) is 0 Å². The van der Waals surface area contributed by atoms with Crippen LogP contribution in [0.4, 0.5) is 0 Å². The van der Waals surface area contributed by atoms with Gasteiger partial charge in [-0.15, -0.1) is 11.3 Å². The maximum atomic E-state index is 5.22. The van der Waals surface area contributed by atoms with Crippen molar-refractivity contribution >= 4 is 53.1 Å². The second-order valence-electron chi connectivity index (χ2n) is 12.8. The molecule has 0 aliphatic rings. The molecule has 0 atom stereocenters. The minimum Gasteiger partial charge on any atom is -0.208 e. The molecule has 51 heavy (non-hydrogen) atoms. The molecule has 0 unspecified atom stereocenters. The van der Waals surface area contributed by atoms with E-state index in [1.54, 1.807) is 0 Å². The fourth-order valence-corrected chi connectivity index (χ4v) is 8.40. The third-order valence-electron chi connectivity index (χ3n) is 9.70. The van der Waals surface area contributed by atoms with Crippen molar-refractivity contribution in [3.05, 3.63) is 176 Å². The van der Waals surface area contributed by atoms with Gasteiger partial charge in [-0.05, 0) is 62.7 Å². The highest BCUT2D eigenvalue weighted by Crippen LogP contribution is 2.43. The zero-order chi connectivity index (χ0) is 33.7. The van der Waals surface area contributed by atoms with Gasteiger partial charge < -0.3 is 0 Å². The van der Waals surface area contributed by atoms with E-state index in [1.165, 1.54) is 47.5 Å². The molecule has 0 aliphatic heterocycles. The van der Waals surface area contributed by atoms with Crippen molar-refractivity contribution in [3.63, 3.8) is 0 Å². The summed E-state index contributed by atoms with van der Waals surface area (Å²) in [7, 11) is 0. The Hall–Kier alpha value is -6.49. The van der Waals surface area contributed by atoms with Gasteiger partial charge in [0.05, 0.1) is 0 Å². The third kappa shape index (κ3) is 5.25. The molecule has 0 amide bonds. The minimum atomic E-state index is 0.649. The summed E-state index contributed by atoms with van der Waals surface area (Å²) in [5.74, 6) is 1.96. The molecule has 0 bridgehead atoms. The van der Waals surface area contributed by atoms with Gasteiger partial charge in [0.25, 0.3) is 0 Å². The first-order valence-corrected chi connectivity index (χ1v) is 17.9. The van der Waals surface area contributed by atoms with Crippen molar-refractivity contribution in [2.24, 2.45) is 0 Å². The van der Waals surface area contributed by atoms with E-state index in [0.29, 0.717) is 17.5 Å². The fraction of sp³-hybridized carbons (Fsp3) is 0. The first kappa shape index (κ1) is 29.4.